The lowest BCUT2D eigenvalue weighted by Gasteiger charge is -2.20. The lowest BCUT2D eigenvalue weighted by Crippen LogP contribution is -2.31. The van der Waals surface area contributed by atoms with Gasteiger partial charge in [0.15, 0.2) is 23.1 Å². The van der Waals surface area contributed by atoms with Gasteiger partial charge in [0.1, 0.15) is 18.7 Å². The molecule has 0 aliphatic heterocycles. The number of nitrogens with one attached hydrogen (secondary N) is 2. The van der Waals surface area contributed by atoms with Gasteiger partial charge in [-0.1, -0.05) is 6.07 Å². The number of methoxy groups -OCH3 is 1. The first kappa shape index (κ1) is 29.6. The number of aromatic nitrogens is 4. The van der Waals surface area contributed by atoms with Crippen molar-refractivity contribution in [1.29, 1.82) is 0 Å². The van der Waals surface area contributed by atoms with E-state index in [4.69, 9.17) is 19.7 Å². The Morgan fingerprint density at radius 3 is 2.66 bits per heavy atom. The van der Waals surface area contributed by atoms with Crippen molar-refractivity contribution in [3.63, 3.8) is 0 Å². The van der Waals surface area contributed by atoms with Gasteiger partial charge in [-0.2, -0.15) is 5.10 Å². The summed E-state index contributed by atoms with van der Waals surface area (Å²) in [4.78, 5) is 22.9. The molecule has 12 nitrogen and oxygen atoms in total. The highest BCUT2D eigenvalue weighted by Crippen LogP contribution is 2.34. The first-order chi connectivity index (χ1) is 19.9. The van der Waals surface area contributed by atoms with Crippen molar-refractivity contribution in [2.45, 2.75) is 13.0 Å². The van der Waals surface area contributed by atoms with Gasteiger partial charge in [-0.3, -0.25) is 14.4 Å². The van der Waals surface area contributed by atoms with E-state index in [2.05, 4.69) is 25.7 Å². The maximum absolute atomic E-state index is 13.8. The van der Waals surface area contributed by atoms with Crippen molar-refractivity contribution in [2.75, 3.05) is 57.2 Å². The third kappa shape index (κ3) is 7.84. The number of amides is 1. The second-order valence-corrected chi connectivity index (χ2v) is 8.93. The van der Waals surface area contributed by atoms with Crippen LogP contribution in [-0.2, 0) is 11.3 Å². The van der Waals surface area contributed by atoms with Crippen molar-refractivity contribution < 1.29 is 33.3 Å². The number of carbonyl (C=O) groups is 1. The quantitative estimate of drug-likeness (QED) is 0.157. The fraction of sp³-hybridized carbons (Fsp3) is 0.333. The zero-order valence-corrected chi connectivity index (χ0v) is 22.4. The van der Waals surface area contributed by atoms with Crippen LogP contribution in [0.15, 0.2) is 49.1 Å². The molecular formula is C27H31F2N7O5. The number of aliphatic hydroxyl groups excluding tert-OH is 2. The van der Waals surface area contributed by atoms with Crippen molar-refractivity contribution in [2.24, 2.45) is 0 Å². The van der Waals surface area contributed by atoms with E-state index in [0.29, 0.717) is 66.6 Å². The number of hydrogen-bond acceptors (Lipinski definition) is 10. The topological polar surface area (TPSA) is 147 Å². The lowest BCUT2D eigenvalue weighted by molar-refractivity contribution is -0.116. The minimum Gasteiger partial charge on any atom is -0.493 e. The normalized spacial score (nSPS) is 11.2. The molecule has 2 aromatic carbocycles. The predicted octanol–water partition coefficient (Wildman–Crippen LogP) is 2.55. The number of halogens is 2. The average Bonchev–Trinajstić information content (AvgIpc) is 3.39. The lowest BCUT2D eigenvalue weighted by atomic mass is 10.2. The summed E-state index contributed by atoms with van der Waals surface area (Å²) >= 11 is 0. The molecule has 4 N–H and O–H groups in total. The van der Waals surface area contributed by atoms with Crippen LogP contribution in [0.5, 0.6) is 11.5 Å². The van der Waals surface area contributed by atoms with Gasteiger partial charge in [-0.15, -0.1) is 0 Å². The highest BCUT2D eigenvalue weighted by Gasteiger charge is 2.15. The number of fused-ring (bicyclic) bond motifs is 1. The van der Waals surface area contributed by atoms with E-state index in [0.717, 1.165) is 6.07 Å². The second kappa shape index (κ2) is 14.3. The Morgan fingerprint density at radius 2 is 1.90 bits per heavy atom. The number of ether oxygens (including phenoxy) is 2. The van der Waals surface area contributed by atoms with Crippen LogP contribution in [0, 0.1) is 11.6 Å². The Kier molecular flexibility index (Phi) is 10.3. The zero-order valence-electron chi connectivity index (χ0n) is 22.4. The molecule has 14 heteroatoms. The van der Waals surface area contributed by atoms with E-state index in [9.17, 15) is 13.6 Å². The van der Waals surface area contributed by atoms with Gasteiger partial charge in [-0.05, 0) is 24.6 Å². The van der Waals surface area contributed by atoms with Crippen molar-refractivity contribution >= 4 is 34.0 Å². The number of benzene rings is 2. The summed E-state index contributed by atoms with van der Waals surface area (Å²) in [6.07, 6.45) is 5.14. The number of nitrogens with zero attached hydrogens (tertiary/aromatic N) is 5. The van der Waals surface area contributed by atoms with E-state index in [1.54, 1.807) is 18.3 Å². The van der Waals surface area contributed by atoms with Crippen molar-refractivity contribution in [1.82, 2.24) is 24.6 Å². The largest absolute Gasteiger partial charge is 0.493 e. The Balaban J connectivity index is 1.40. The molecule has 0 saturated heterocycles. The summed E-state index contributed by atoms with van der Waals surface area (Å²) in [5.74, 6) is -1.31. The molecule has 0 atom stereocenters. The third-order valence-corrected chi connectivity index (χ3v) is 6.06. The van der Waals surface area contributed by atoms with Crippen molar-refractivity contribution in [3.05, 3.63) is 60.7 Å². The molecule has 0 saturated carbocycles. The van der Waals surface area contributed by atoms with Crippen LogP contribution in [0.2, 0.25) is 0 Å². The molecule has 0 radical (unpaired) electrons. The van der Waals surface area contributed by atoms with Crippen LogP contribution in [-0.4, -0.2) is 87.3 Å². The molecule has 0 spiro atoms. The van der Waals surface area contributed by atoms with Gasteiger partial charge < -0.3 is 30.3 Å². The monoisotopic (exact) mass is 571 g/mol. The van der Waals surface area contributed by atoms with Crippen LogP contribution in [0.1, 0.15) is 6.42 Å². The highest BCUT2D eigenvalue weighted by atomic mass is 19.2. The molecule has 0 fully saturated rings. The van der Waals surface area contributed by atoms with Crippen LogP contribution in [0.3, 0.4) is 0 Å². The van der Waals surface area contributed by atoms with Gasteiger partial charge in [-0.25, -0.2) is 18.7 Å². The summed E-state index contributed by atoms with van der Waals surface area (Å²) in [5, 5.41) is 28.6. The molecule has 2 heterocycles. The smallest absolute Gasteiger partial charge is 0.246 e. The van der Waals surface area contributed by atoms with Crippen LogP contribution in [0.4, 0.5) is 26.0 Å². The summed E-state index contributed by atoms with van der Waals surface area (Å²) < 4.78 is 40.1. The molecule has 4 aromatic rings. The van der Waals surface area contributed by atoms with Gasteiger partial charge in [0.25, 0.3) is 0 Å². The summed E-state index contributed by atoms with van der Waals surface area (Å²) in [6, 6.07) is 7.03. The SMILES string of the molecule is COc1cc2c(Nc3cnn(CC(=O)Nc4cccc(F)c4F)c3)ncnc2cc1OCCCN(CCO)CCO. The molecule has 0 bridgehead atoms. The predicted molar refractivity (Wildman–Crippen MR) is 147 cm³/mol. The van der Waals surface area contributed by atoms with E-state index >= 15 is 0 Å². The minimum absolute atomic E-state index is 0.0172. The molecule has 0 aliphatic carbocycles. The molecular weight excluding hydrogens is 540 g/mol. The zero-order chi connectivity index (χ0) is 29.2. The number of carbonyl (C=O) groups excluding carboxylic acids is 1. The number of rotatable bonds is 15. The second-order valence-electron chi connectivity index (χ2n) is 8.93. The number of aliphatic hydroxyl groups is 2. The molecule has 218 valence electrons. The summed E-state index contributed by atoms with van der Waals surface area (Å²) in [6.45, 7) is 1.82. The van der Waals surface area contributed by atoms with Crippen LogP contribution < -0.4 is 20.1 Å². The van der Waals surface area contributed by atoms with E-state index in [1.807, 2.05) is 4.90 Å². The van der Waals surface area contributed by atoms with E-state index < -0.39 is 17.5 Å². The maximum atomic E-state index is 13.8. The fourth-order valence-corrected chi connectivity index (χ4v) is 4.11. The molecule has 0 unspecified atom stereocenters. The van der Waals surface area contributed by atoms with Gasteiger partial charge in [0.2, 0.25) is 5.91 Å². The maximum Gasteiger partial charge on any atom is 0.246 e. The molecule has 2 aromatic heterocycles. The molecule has 1 amide bonds. The standard InChI is InChI=1S/C27H31F2N7O5/c1-40-23-12-19-22(13-24(23)41-11-3-6-35(7-9-37)8-10-38)30-17-31-27(19)33-18-14-32-36(15-18)16-25(39)34-21-5-2-4-20(28)26(21)29/h2,4-5,12-15,17,37-38H,3,6-11,16H2,1H3,(H,34,39)(H,30,31,33). The molecule has 0 aliphatic rings. The third-order valence-electron chi connectivity index (χ3n) is 6.06. The highest BCUT2D eigenvalue weighted by molar-refractivity contribution is 5.93. The van der Waals surface area contributed by atoms with E-state index in [1.165, 1.54) is 36.4 Å². The van der Waals surface area contributed by atoms with Gasteiger partial charge >= 0.3 is 0 Å². The summed E-state index contributed by atoms with van der Waals surface area (Å²) in [7, 11) is 1.53. The number of anilines is 3. The molecule has 4 rings (SSSR count). The number of hydrogen-bond donors (Lipinski definition) is 4. The van der Waals surface area contributed by atoms with Crippen LogP contribution >= 0.6 is 0 Å². The van der Waals surface area contributed by atoms with Crippen LogP contribution in [0.25, 0.3) is 10.9 Å². The van der Waals surface area contributed by atoms with E-state index in [-0.39, 0.29) is 25.4 Å². The Morgan fingerprint density at radius 1 is 1.10 bits per heavy atom. The van der Waals surface area contributed by atoms with Gasteiger partial charge in [0, 0.05) is 37.3 Å². The Bertz CT molecular complexity index is 1460. The first-order valence-corrected chi connectivity index (χ1v) is 12.8. The Hall–Kier alpha value is -4.40. The minimum atomic E-state index is -1.13. The first-order valence-electron chi connectivity index (χ1n) is 12.8. The van der Waals surface area contributed by atoms with Gasteiger partial charge in [0.05, 0.1) is 50.0 Å². The Labute approximate surface area is 234 Å². The molecule has 41 heavy (non-hydrogen) atoms. The average molecular weight is 572 g/mol. The van der Waals surface area contributed by atoms with Crippen molar-refractivity contribution in [3.8, 4) is 11.5 Å². The summed E-state index contributed by atoms with van der Waals surface area (Å²) in [5.41, 5.74) is 0.879. The fourth-order valence-electron chi connectivity index (χ4n) is 4.11.